The normalized spacial score (nSPS) is 14.0. The third kappa shape index (κ3) is 11.9. The Bertz CT molecular complexity index is 424. The van der Waals surface area contributed by atoms with E-state index in [0.717, 1.165) is 11.5 Å². The predicted molar refractivity (Wildman–Crippen MR) is 109 cm³/mol. The Kier molecular flexibility index (Phi) is 16.2. The summed E-state index contributed by atoms with van der Waals surface area (Å²) in [6, 6.07) is 6.85. The Labute approximate surface area is 146 Å². The maximum Gasteiger partial charge on any atom is -0.0184 e. The molecule has 0 aliphatic heterocycles. The Morgan fingerprint density at radius 1 is 1.22 bits per heavy atom. The van der Waals surface area contributed by atoms with Gasteiger partial charge in [0.25, 0.3) is 0 Å². The smallest absolute Gasteiger partial charge is 0.0184 e. The lowest BCUT2D eigenvalue weighted by Crippen LogP contribution is -1.86. The van der Waals surface area contributed by atoms with Crippen LogP contribution in [0.25, 0.3) is 0 Å². The highest BCUT2D eigenvalue weighted by Crippen LogP contribution is 2.32. The van der Waals surface area contributed by atoms with E-state index in [0.29, 0.717) is 0 Å². The number of fused-ring (bicyclic) bond motifs is 1. The van der Waals surface area contributed by atoms with E-state index >= 15 is 0 Å². The zero-order valence-corrected chi connectivity index (χ0v) is 16.8. The molecule has 1 aromatic rings. The van der Waals surface area contributed by atoms with E-state index in [1.54, 1.807) is 17.2 Å². The van der Waals surface area contributed by atoms with Gasteiger partial charge in [0.1, 0.15) is 0 Å². The molecule has 0 radical (unpaired) electrons. The molecule has 0 aromatic heterocycles. The molecule has 0 amide bonds. The molecule has 0 saturated carbocycles. The molecule has 1 atom stereocenters. The van der Waals surface area contributed by atoms with Crippen molar-refractivity contribution in [3.05, 3.63) is 59.7 Å². The number of aryl methyl sites for hydroxylation is 2. The van der Waals surface area contributed by atoms with Gasteiger partial charge in [-0.15, -0.1) is 0 Å². The van der Waals surface area contributed by atoms with Gasteiger partial charge in [0, 0.05) is 0 Å². The lowest BCUT2D eigenvalue weighted by molar-refractivity contribution is 0.747. The van der Waals surface area contributed by atoms with Crippen molar-refractivity contribution in [3.63, 3.8) is 0 Å². The quantitative estimate of drug-likeness (QED) is 0.495. The molecule has 132 valence electrons. The van der Waals surface area contributed by atoms with Gasteiger partial charge in [0.15, 0.2) is 0 Å². The first kappa shape index (κ1) is 24.0. The van der Waals surface area contributed by atoms with E-state index in [9.17, 15) is 0 Å². The summed E-state index contributed by atoms with van der Waals surface area (Å²) in [6.45, 7) is 21.8. The van der Waals surface area contributed by atoms with Gasteiger partial charge in [-0.25, -0.2) is 0 Å². The van der Waals surface area contributed by atoms with Gasteiger partial charge in [0.2, 0.25) is 0 Å². The second kappa shape index (κ2) is 15.6. The van der Waals surface area contributed by atoms with Crippen LogP contribution in [0, 0.1) is 6.92 Å². The second-order valence-corrected chi connectivity index (χ2v) is 6.05. The second-order valence-electron chi connectivity index (χ2n) is 6.05. The van der Waals surface area contributed by atoms with Crippen LogP contribution in [-0.4, -0.2) is 0 Å². The standard InChI is InChI=1S/C11H14.C5H8.C5H12.C2H6/c1-8-3-5-10-6-4-9(2)11(10)7-8;1-4-5(2)3;1-3-5-4-2;1-2/h3,5,7,9H,4,6H2,1-2H3;4H,1-2H2,3H3;3-5H2,1-2H3;1-2H3. The largest absolute Gasteiger partial charge is 0.0988 e. The lowest BCUT2D eigenvalue weighted by Gasteiger charge is -2.04. The summed E-state index contributed by atoms with van der Waals surface area (Å²) < 4.78 is 0. The molecular weight excluding hydrogens is 276 g/mol. The fourth-order valence-corrected chi connectivity index (χ4v) is 2.28. The molecule has 0 spiro atoms. The fraction of sp³-hybridized carbons (Fsp3) is 0.565. The zero-order valence-electron chi connectivity index (χ0n) is 16.8. The first-order valence-electron chi connectivity index (χ1n) is 9.33. The molecule has 1 aliphatic carbocycles. The minimum atomic E-state index is 0.796. The van der Waals surface area contributed by atoms with Gasteiger partial charge in [-0.3, -0.25) is 0 Å². The fourth-order valence-electron chi connectivity index (χ4n) is 2.28. The molecule has 0 heterocycles. The number of hydrogen-bond donors (Lipinski definition) is 0. The van der Waals surface area contributed by atoms with Crippen molar-refractivity contribution in [1.82, 2.24) is 0 Å². The van der Waals surface area contributed by atoms with Gasteiger partial charge in [-0.2, -0.15) is 0 Å². The Morgan fingerprint density at radius 2 is 1.74 bits per heavy atom. The monoisotopic (exact) mass is 316 g/mol. The minimum absolute atomic E-state index is 0.796. The predicted octanol–water partition coefficient (Wildman–Crippen LogP) is 8.02. The number of rotatable bonds is 3. The van der Waals surface area contributed by atoms with E-state index in [2.05, 4.69) is 59.1 Å². The minimum Gasteiger partial charge on any atom is -0.0988 e. The summed E-state index contributed by atoms with van der Waals surface area (Å²) in [5.74, 6) is 0.796. The molecule has 2 rings (SSSR count). The molecule has 1 aromatic carbocycles. The van der Waals surface area contributed by atoms with Gasteiger partial charge in [-0.1, -0.05) is 102 Å². The number of benzene rings is 1. The molecule has 1 aliphatic rings. The molecule has 23 heavy (non-hydrogen) atoms. The van der Waals surface area contributed by atoms with Gasteiger partial charge >= 0.3 is 0 Å². The van der Waals surface area contributed by atoms with Crippen LogP contribution in [-0.2, 0) is 6.42 Å². The number of allylic oxidation sites excluding steroid dienone is 2. The average molecular weight is 317 g/mol. The zero-order chi connectivity index (χ0) is 18.3. The summed E-state index contributed by atoms with van der Waals surface area (Å²) in [4.78, 5) is 0. The van der Waals surface area contributed by atoms with Crippen LogP contribution in [0.15, 0.2) is 43.0 Å². The van der Waals surface area contributed by atoms with Crippen LogP contribution in [0.5, 0.6) is 0 Å². The Balaban J connectivity index is 0. The molecule has 0 bridgehead atoms. The number of unbranched alkanes of at least 4 members (excludes halogenated alkanes) is 2. The highest BCUT2D eigenvalue weighted by Gasteiger charge is 2.17. The summed E-state index contributed by atoms with van der Waals surface area (Å²) in [5.41, 5.74) is 5.58. The van der Waals surface area contributed by atoms with Crippen molar-refractivity contribution in [2.45, 2.75) is 86.5 Å². The summed E-state index contributed by atoms with van der Waals surface area (Å²) in [6.07, 6.45) is 8.43. The van der Waals surface area contributed by atoms with Crippen molar-refractivity contribution in [1.29, 1.82) is 0 Å². The van der Waals surface area contributed by atoms with Crippen LogP contribution in [0.1, 0.15) is 89.8 Å². The van der Waals surface area contributed by atoms with E-state index in [-0.39, 0.29) is 0 Å². The first-order valence-corrected chi connectivity index (χ1v) is 9.33. The molecule has 1 unspecified atom stereocenters. The third-order valence-electron chi connectivity index (χ3n) is 3.73. The Hall–Kier alpha value is -1.30. The first-order chi connectivity index (χ1) is 11.0. The Morgan fingerprint density at radius 3 is 2.13 bits per heavy atom. The average Bonchev–Trinajstić information content (AvgIpc) is 2.92. The summed E-state index contributed by atoms with van der Waals surface area (Å²) >= 11 is 0. The van der Waals surface area contributed by atoms with Crippen molar-refractivity contribution in [2.75, 3.05) is 0 Å². The molecule has 0 heteroatoms. The van der Waals surface area contributed by atoms with Crippen molar-refractivity contribution in [2.24, 2.45) is 0 Å². The van der Waals surface area contributed by atoms with E-state index < -0.39 is 0 Å². The van der Waals surface area contributed by atoms with Crippen LogP contribution >= 0.6 is 0 Å². The topological polar surface area (TPSA) is 0 Å². The van der Waals surface area contributed by atoms with E-state index in [1.165, 1.54) is 37.7 Å². The summed E-state index contributed by atoms with van der Waals surface area (Å²) in [7, 11) is 0. The molecule has 0 nitrogen and oxygen atoms in total. The maximum absolute atomic E-state index is 3.56. The van der Waals surface area contributed by atoms with Crippen LogP contribution < -0.4 is 0 Å². The molecule has 0 fully saturated rings. The molecule has 0 N–H and O–H groups in total. The molecule has 0 saturated heterocycles. The van der Waals surface area contributed by atoms with Gasteiger partial charge in [0.05, 0.1) is 0 Å². The summed E-state index contributed by atoms with van der Waals surface area (Å²) in [5, 5.41) is 0. The highest BCUT2D eigenvalue weighted by atomic mass is 14.2. The van der Waals surface area contributed by atoms with Crippen LogP contribution in [0.2, 0.25) is 0 Å². The van der Waals surface area contributed by atoms with Crippen LogP contribution in [0.4, 0.5) is 0 Å². The van der Waals surface area contributed by atoms with Crippen molar-refractivity contribution < 1.29 is 0 Å². The van der Waals surface area contributed by atoms with Crippen molar-refractivity contribution >= 4 is 0 Å². The van der Waals surface area contributed by atoms with Crippen LogP contribution in [0.3, 0.4) is 0 Å². The van der Waals surface area contributed by atoms with E-state index in [1.807, 2.05) is 20.8 Å². The SMILES string of the molecule is C=CC(=C)C.CC.CCCCC.Cc1ccc2c(c1)C(C)CC2. The lowest BCUT2D eigenvalue weighted by atomic mass is 10.0. The molecular formula is C23H40. The number of hydrogen-bond acceptors (Lipinski definition) is 0. The maximum atomic E-state index is 3.56. The van der Waals surface area contributed by atoms with Gasteiger partial charge in [-0.05, 0) is 43.7 Å². The van der Waals surface area contributed by atoms with Crippen molar-refractivity contribution in [3.8, 4) is 0 Å². The van der Waals surface area contributed by atoms with E-state index in [4.69, 9.17) is 0 Å². The van der Waals surface area contributed by atoms with Gasteiger partial charge < -0.3 is 0 Å². The third-order valence-corrected chi connectivity index (χ3v) is 3.73. The highest BCUT2D eigenvalue weighted by molar-refractivity contribution is 5.37.